The topological polar surface area (TPSA) is 40.5 Å². The Kier molecular flexibility index (Phi) is 1.88. The van der Waals surface area contributed by atoms with Crippen LogP contribution in [0.4, 0.5) is 0 Å². The summed E-state index contributed by atoms with van der Waals surface area (Å²) in [6.45, 7) is 0. The lowest BCUT2D eigenvalue weighted by Gasteiger charge is -2.04. The summed E-state index contributed by atoms with van der Waals surface area (Å²) in [5, 5.41) is 20.4. The number of fused-ring (bicyclic) bond motifs is 1. The highest BCUT2D eigenvalue weighted by atomic mass is 79.9. The van der Waals surface area contributed by atoms with Gasteiger partial charge in [0.15, 0.2) is 11.5 Å². The van der Waals surface area contributed by atoms with Gasteiger partial charge in [0.1, 0.15) is 0 Å². The molecule has 0 aliphatic heterocycles. The molecular weight excluding hydrogens is 232 g/mol. The lowest BCUT2D eigenvalue weighted by atomic mass is 10.1. The van der Waals surface area contributed by atoms with Crippen molar-refractivity contribution in [2.45, 2.75) is 0 Å². The highest BCUT2D eigenvalue weighted by molar-refractivity contribution is 9.10. The Balaban J connectivity index is 2.97. The second-order valence-electron chi connectivity index (χ2n) is 2.77. The van der Waals surface area contributed by atoms with Gasteiger partial charge in [0.25, 0.3) is 0 Å². The number of hydrogen-bond acceptors (Lipinski definition) is 2. The molecule has 0 heterocycles. The SMILES string of the molecule is Oc1ccc2cccc(Br)c2c1O. The van der Waals surface area contributed by atoms with Crippen LogP contribution in [-0.2, 0) is 0 Å². The molecule has 0 aliphatic rings. The van der Waals surface area contributed by atoms with Crippen molar-refractivity contribution in [2.24, 2.45) is 0 Å². The van der Waals surface area contributed by atoms with Crippen LogP contribution in [0.3, 0.4) is 0 Å². The van der Waals surface area contributed by atoms with E-state index in [4.69, 9.17) is 0 Å². The van der Waals surface area contributed by atoms with E-state index in [1.54, 1.807) is 6.07 Å². The smallest absolute Gasteiger partial charge is 0.166 e. The van der Waals surface area contributed by atoms with E-state index in [1.165, 1.54) is 6.07 Å². The molecule has 0 bridgehead atoms. The lowest BCUT2D eigenvalue weighted by Crippen LogP contribution is -1.76. The molecular formula is C10H7BrO2. The maximum Gasteiger partial charge on any atom is 0.166 e. The van der Waals surface area contributed by atoms with Gasteiger partial charge in [0.2, 0.25) is 0 Å². The van der Waals surface area contributed by atoms with Crippen LogP contribution in [-0.4, -0.2) is 10.2 Å². The number of aromatic hydroxyl groups is 2. The van der Waals surface area contributed by atoms with E-state index in [0.717, 1.165) is 9.86 Å². The van der Waals surface area contributed by atoms with E-state index in [9.17, 15) is 10.2 Å². The molecule has 0 saturated heterocycles. The molecule has 0 unspecified atom stereocenters. The van der Waals surface area contributed by atoms with Gasteiger partial charge in [-0.2, -0.15) is 0 Å². The Labute approximate surface area is 83.6 Å². The number of halogens is 1. The molecule has 3 heteroatoms. The molecule has 2 rings (SSSR count). The van der Waals surface area contributed by atoms with Gasteiger partial charge in [0.05, 0.1) is 0 Å². The summed E-state index contributed by atoms with van der Waals surface area (Å²) in [6, 6.07) is 8.81. The van der Waals surface area contributed by atoms with Crippen molar-refractivity contribution in [3.8, 4) is 11.5 Å². The number of benzene rings is 2. The minimum absolute atomic E-state index is 0.0787. The molecule has 0 aromatic heterocycles. The van der Waals surface area contributed by atoms with Crippen LogP contribution < -0.4 is 0 Å². The number of phenols is 2. The van der Waals surface area contributed by atoms with Crippen molar-refractivity contribution < 1.29 is 10.2 Å². The van der Waals surface area contributed by atoms with Gasteiger partial charge in [-0.3, -0.25) is 0 Å². The van der Waals surface area contributed by atoms with Crippen molar-refractivity contribution in [3.63, 3.8) is 0 Å². The highest BCUT2D eigenvalue weighted by Gasteiger charge is 2.07. The monoisotopic (exact) mass is 238 g/mol. The van der Waals surface area contributed by atoms with Gasteiger partial charge in [-0.25, -0.2) is 0 Å². The molecule has 2 aromatic rings. The molecule has 0 aliphatic carbocycles. The molecule has 0 atom stereocenters. The highest BCUT2D eigenvalue weighted by Crippen LogP contribution is 2.37. The Hall–Kier alpha value is -1.22. The second kappa shape index (κ2) is 2.92. The fraction of sp³-hybridized carbons (Fsp3) is 0. The molecule has 13 heavy (non-hydrogen) atoms. The molecule has 66 valence electrons. The van der Waals surface area contributed by atoms with E-state index in [2.05, 4.69) is 15.9 Å². The third-order valence-corrected chi connectivity index (χ3v) is 2.61. The summed E-state index contributed by atoms with van der Waals surface area (Å²) in [4.78, 5) is 0. The van der Waals surface area contributed by atoms with Crippen molar-refractivity contribution in [1.82, 2.24) is 0 Å². The van der Waals surface area contributed by atoms with Crippen molar-refractivity contribution in [2.75, 3.05) is 0 Å². The Morgan fingerprint density at radius 2 is 1.77 bits per heavy atom. The van der Waals surface area contributed by atoms with Gasteiger partial charge < -0.3 is 10.2 Å². The minimum Gasteiger partial charge on any atom is -0.504 e. The van der Waals surface area contributed by atoms with E-state index < -0.39 is 0 Å². The number of phenolic OH excluding ortho intramolecular Hbond substituents is 2. The molecule has 0 radical (unpaired) electrons. The molecule has 0 fully saturated rings. The number of hydrogen-bond donors (Lipinski definition) is 2. The Bertz CT molecular complexity index is 466. The Morgan fingerprint density at radius 1 is 1.00 bits per heavy atom. The zero-order valence-electron chi connectivity index (χ0n) is 6.66. The Morgan fingerprint density at radius 3 is 2.54 bits per heavy atom. The van der Waals surface area contributed by atoms with Crippen molar-refractivity contribution in [1.29, 1.82) is 0 Å². The average molecular weight is 239 g/mol. The van der Waals surface area contributed by atoms with Crippen LogP contribution in [0.1, 0.15) is 0 Å². The predicted molar refractivity (Wildman–Crippen MR) is 55.0 cm³/mol. The predicted octanol–water partition coefficient (Wildman–Crippen LogP) is 3.01. The fourth-order valence-electron chi connectivity index (χ4n) is 1.31. The largest absolute Gasteiger partial charge is 0.504 e. The molecule has 2 aromatic carbocycles. The summed E-state index contributed by atoms with van der Waals surface area (Å²) in [6.07, 6.45) is 0. The minimum atomic E-state index is -0.0978. The maximum atomic E-state index is 9.56. The summed E-state index contributed by atoms with van der Waals surface area (Å²) >= 11 is 3.31. The maximum absolute atomic E-state index is 9.56. The zero-order chi connectivity index (χ0) is 9.42. The van der Waals surface area contributed by atoms with Gasteiger partial charge in [-0.05, 0) is 17.5 Å². The standard InChI is InChI=1S/C10H7BrO2/c11-7-3-1-2-6-4-5-8(12)10(13)9(6)7/h1-5,12-13H. The van der Waals surface area contributed by atoms with Crippen LogP contribution in [0.15, 0.2) is 34.8 Å². The zero-order valence-corrected chi connectivity index (χ0v) is 8.25. The van der Waals surface area contributed by atoms with Crippen LogP contribution >= 0.6 is 15.9 Å². The molecule has 2 N–H and O–H groups in total. The van der Waals surface area contributed by atoms with Crippen LogP contribution in [0.2, 0.25) is 0 Å². The summed E-state index contributed by atoms with van der Waals surface area (Å²) in [7, 11) is 0. The van der Waals surface area contributed by atoms with Gasteiger partial charge >= 0.3 is 0 Å². The summed E-state index contributed by atoms with van der Waals surface area (Å²) in [5.41, 5.74) is 0. The summed E-state index contributed by atoms with van der Waals surface area (Å²) < 4.78 is 0.776. The van der Waals surface area contributed by atoms with E-state index >= 15 is 0 Å². The first kappa shape index (κ1) is 8.38. The lowest BCUT2D eigenvalue weighted by molar-refractivity contribution is 0.408. The van der Waals surface area contributed by atoms with E-state index in [0.29, 0.717) is 5.39 Å². The second-order valence-corrected chi connectivity index (χ2v) is 3.63. The van der Waals surface area contributed by atoms with Crippen LogP contribution in [0.5, 0.6) is 11.5 Å². The summed E-state index contributed by atoms with van der Waals surface area (Å²) in [5.74, 6) is -0.177. The first-order valence-electron chi connectivity index (χ1n) is 3.79. The van der Waals surface area contributed by atoms with E-state index in [1.807, 2.05) is 18.2 Å². The molecule has 0 spiro atoms. The van der Waals surface area contributed by atoms with Crippen molar-refractivity contribution in [3.05, 3.63) is 34.8 Å². The third kappa shape index (κ3) is 1.25. The average Bonchev–Trinajstić information content (AvgIpc) is 2.12. The first-order valence-corrected chi connectivity index (χ1v) is 4.58. The first-order chi connectivity index (χ1) is 6.20. The fourth-order valence-corrected chi connectivity index (χ4v) is 1.87. The van der Waals surface area contributed by atoms with Gasteiger partial charge in [-0.15, -0.1) is 0 Å². The number of rotatable bonds is 0. The van der Waals surface area contributed by atoms with Gasteiger partial charge in [0, 0.05) is 9.86 Å². The molecule has 2 nitrogen and oxygen atoms in total. The quantitative estimate of drug-likeness (QED) is 0.693. The van der Waals surface area contributed by atoms with Crippen LogP contribution in [0.25, 0.3) is 10.8 Å². The van der Waals surface area contributed by atoms with Crippen LogP contribution in [0, 0.1) is 0 Å². The normalized spacial score (nSPS) is 10.5. The van der Waals surface area contributed by atoms with Gasteiger partial charge in [-0.1, -0.05) is 34.1 Å². The third-order valence-electron chi connectivity index (χ3n) is 1.95. The molecule has 0 saturated carbocycles. The molecule has 0 amide bonds. The van der Waals surface area contributed by atoms with Crippen molar-refractivity contribution >= 4 is 26.7 Å². The van der Waals surface area contributed by atoms with E-state index in [-0.39, 0.29) is 11.5 Å².